The molecule has 0 aliphatic carbocycles. The van der Waals surface area contributed by atoms with E-state index >= 15 is 0 Å². The van der Waals surface area contributed by atoms with Gasteiger partial charge in [-0.05, 0) is 51.9 Å². The van der Waals surface area contributed by atoms with Crippen molar-refractivity contribution < 1.29 is 9.59 Å². The van der Waals surface area contributed by atoms with Crippen LogP contribution in [-0.4, -0.2) is 36.2 Å². The van der Waals surface area contributed by atoms with Crippen molar-refractivity contribution in [2.75, 3.05) is 18.9 Å². The lowest BCUT2D eigenvalue weighted by atomic mass is 10.1. The van der Waals surface area contributed by atoms with Crippen LogP contribution in [0.15, 0.2) is 18.2 Å². The van der Waals surface area contributed by atoms with Crippen molar-refractivity contribution in [3.8, 4) is 0 Å². The first kappa shape index (κ1) is 16.4. The number of carbonyl (C=O) groups excluding carboxylic acids is 2. The van der Waals surface area contributed by atoms with Gasteiger partial charge in [0.1, 0.15) is 6.04 Å². The van der Waals surface area contributed by atoms with Gasteiger partial charge in [-0.25, -0.2) is 0 Å². The molecule has 0 aromatic heterocycles. The van der Waals surface area contributed by atoms with Crippen LogP contribution in [0.2, 0.25) is 0 Å². The number of amides is 1. The Morgan fingerprint density at radius 1 is 1.25 bits per heavy atom. The summed E-state index contributed by atoms with van der Waals surface area (Å²) in [6, 6.07) is 5.11. The summed E-state index contributed by atoms with van der Waals surface area (Å²) in [6.07, 6.45) is 0.900. The second kappa shape index (κ2) is 7.20. The number of benzene rings is 1. The van der Waals surface area contributed by atoms with E-state index in [1.54, 1.807) is 11.9 Å². The molecule has 0 spiro atoms. The van der Waals surface area contributed by atoms with Gasteiger partial charge < -0.3 is 5.32 Å². The molecule has 110 valence electrons. The van der Waals surface area contributed by atoms with Gasteiger partial charge in [0.05, 0.1) is 0 Å². The molecule has 0 fully saturated rings. The highest BCUT2D eigenvalue weighted by atomic mass is 16.2. The highest BCUT2D eigenvalue weighted by molar-refractivity contribution is 6.10. The number of nitrogens with one attached hydrogen (secondary N) is 1. The van der Waals surface area contributed by atoms with Crippen LogP contribution in [0.25, 0.3) is 0 Å². The summed E-state index contributed by atoms with van der Waals surface area (Å²) in [6.45, 7) is 8.09. The van der Waals surface area contributed by atoms with Crippen molar-refractivity contribution in [3.63, 3.8) is 0 Å². The minimum Gasteiger partial charge on any atom is -0.324 e. The number of ketones is 1. The van der Waals surface area contributed by atoms with Gasteiger partial charge in [0.15, 0.2) is 5.78 Å². The highest BCUT2D eigenvalue weighted by Crippen LogP contribution is 2.20. The van der Waals surface area contributed by atoms with Crippen LogP contribution in [-0.2, 0) is 9.59 Å². The predicted octanol–water partition coefficient (Wildman–Crippen LogP) is 2.54. The topological polar surface area (TPSA) is 49.4 Å². The first-order chi connectivity index (χ1) is 9.38. The largest absolute Gasteiger partial charge is 0.324 e. The zero-order valence-electron chi connectivity index (χ0n) is 13.0. The Labute approximate surface area is 121 Å². The molecule has 0 aliphatic rings. The fourth-order valence-corrected chi connectivity index (χ4v) is 2.38. The number of carbonyl (C=O) groups is 2. The quantitative estimate of drug-likeness (QED) is 0.812. The molecule has 4 heteroatoms. The van der Waals surface area contributed by atoms with E-state index in [0.29, 0.717) is 6.54 Å². The Kier molecular flexibility index (Phi) is 5.89. The summed E-state index contributed by atoms with van der Waals surface area (Å²) in [4.78, 5) is 26.0. The van der Waals surface area contributed by atoms with Gasteiger partial charge in [-0.3, -0.25) is 14.5 Å². The molecule has 0 saturated carbocycles. The maximum Gasteiger partial charge on any atom is 0.249 e. The van der Waals surface area contributed by atoms with Crippen LogP contribution in [0, 0.1) is 13.8 Å². The van der Waals surface area contributed by atoms with Crippen molar-refractivity contribution in [1.82, 2.24) is 4.90 Å². The molecular formula is C16H24N2O2. The molecule has 1 atom stereocenters. The number of anilines is 1. The van der Waals surface area contributed by atoms with E-state index < -0.39 is 6.04 Å². The Bertz CT molecular complexity index is 477. The second-order valence-electron chi connectivity index (χ2n) is 5.25. The van der Waals surface area contributed by atoms with Gasteiger partial charge in [-0.1, -0.05) is 25.1 Å². The Morgan fingerprint density at radius 2 is 1.80 bits per heavy atom. The lowest BCUT2D eigenvalue weighted by Crippen LogP contribution is -2.47. The number of para-hydroxylation sites is 1. The van der Waals surface area contributed by atoms with Crippen molar-refractivity contribution in [1.29, 1.82) is 0 Å². The number of hydrogen-bond donors (Lipinski definition) is 1. The molecule has 0 aliphatic heterocycles. The number of hydrogen-bond acceptors (Lipinski definition) is 3. The number of nitrogens with zero attached hydrogens (tertiary/aromatic N) is 1. The number of aryl methyl sites for hydroxylation is 2. The lowest BCUT2D eigenvalue weighted by Gasteiger charge is -2.25. The van der Waals surface area contributed by atoms with E-state index in [1.165, 1.54) is 6.92 Å². The zero-order valence-corrected chi connectivity index (χ0v) is 13.0. The first-order valence-corrected chi connectivity index (χ1v) is 6.96. The van der Waals surface area contributed by atoms with Gasteiger partial charge in [0, 0.05) is 5.69 Å². The monoisotopic (exact) mass is 276 g/mol. The fraction of sp³-hybridized carbons (Fsp3) is 0.500. The van der Waals surface area contributed by atoms with Crippen LogP contribution >= 0.6 is 0 Å². The Morgan fingerprint density at radius 3 is 2.25 bits per heavy atom. The average Bonchev–Trinajstić information content (AvgIpc) is 2.34. The SMILES string of the molecule is CCCN(C)C(C(C)=O)C(=O)Nc1c(C)cccc1C. The van der Waals surface area contributed by atoms with Gasteiger partial charge in [0.2, 0.25) is 5.91 Å². The molecular weight excluding hydrogens is 252 g/mol. The van der Waals surface area contributed by atoms with Gasteiger partial charge in [-0.15, -0.1) is 0 Å². The molecule has 0 bridgehead atoms. The summed E-state index contributed by atoms with van der Waals surface area (Å²) < 4.78 is 0. The number of Topliss-reactive ketones (excluding diaryl/α,β-unsaturated/α-hetero) is 1. The highest BCUT2D eigenvalue weighted by Gasteiger charge is 2.27. The maximum atomic E-state index is 12.4. The first-order valence-electron chi connectivity index (χ1n) is 6.96. The van der Waals surface area contributed by atoms with E-state index in [4.69, 9.17) is 0 Å². The second-order valence-corrected chi connectivity index (χ2v) is 5.25. The Hall–Kier alpha value is -1.68. The van der Waals surface area contributed by atoms with Gasteiger partial charge in [0.25, 0.3) is 0 Å². The standard InChI is InChI=1S/C16H24N2O2/c1-6-10-18(5)15(13(4)19)16(20)17-14-11(2)8-7-9-12(14)3/h7-9,15H,6,10H2,1-5H3,(H,17,20). The lowest BCUT2D eigenvalue weighted by molar-refractivity contribution is -0.131. The molecule has 1 rings (SSSR count). The van der Waals surface area contributed by atoms with E-state index in [0.717, 1.165) is 23.2 Å². The smallest absolute Gasteiger partial charge is 0.249 e. The van der Waals surface area contributed by atoms with Gasteiger partial charge >= 0.3 is 0 Å². The van der Waals surface area contributed by atoms with E-state index in [2.05, 4.69) is 5.32 Å². The van der Waals surface area contributed by atoms with Crippen LogP contribution in [0.5, 0.6) is 0 Å². The molecule has 20 heavy (non-hydrogen) atoms. The Balaban J connectivity index is 2.94. The van der Waals surface area contributed by atoms with E-state index in [-0.39, 0.29) is 11.7 Å². The third-order valence-corrected chi connectivity index (χ3v) is 3.38. The summed E-state index contributed by atoms with van der Waals surface area (Å²) in [5.74, 6) is -0.393. The van der Waals surface area contributed by atoms with E-state index in [1.807, 2.05) is 39.0 Å². The molecule has 0 heterocycles. The molecule has 1 N–H and O–H groups in total. The molecule has 1 aromatic rings. The van der Waals surface area contributed by atoms with Crippen molar-refractivity contribution >= 4 is 17.4 Å². The molecule has 1 aromatic carbocycles. The molecule has 1 amide bonds. The van der Waals surface area contributed by atoms with E-state index in [9.17, 15) is 9.59 Å². The minimum atomic E-state index is -0.728. The van der Waals surface area contributed by atoms with Gasteiger partial charge in [-0.2, -0.15) is 0 Å². The third kappa shape index (κ3) is 3.90. The zero-order chi connectivity index (χ0) is 15.3. The number of likely N-dealkylation sites (N-methyl/N-ethyl adjacent to an activating group) is 1. The normalized spacial score (nSPS) is 12.3. The molecule has 0 saturated heterocycles. The summed E-state index contributed by atoms with van der Waals surface area (Å²) in [5.41, 5.74) is 2.80. The van der Waals surface area contributed by atoms with Crippen LogP contribution in [0.4, 0.5) is 5.69 Å². The van der Waals surface area contributed by atoms with Crippen LogP contribution in [0.1, 0.15) is 31.4 Å². The minimum absolute atomic E-state index is 0.135. The molecule has 0 radical (unpaired) electrons. The van der Waals surface area contributed by atoms with Crippen LogP contribution in [0.3, 0.4) is 0 Å². The average molecular weight is 276 g/mol. The van der Waals surface area contributed by atoms with Crippen molar-refractivity contribution in [2.45, 2.75) is 40.2 Å². The fourth-order valence-electron chi connectivity index (χ4n) is 2.38. The summed E-state index contributed by atoms with van der Waals surface area (Å²) in [7, 11) is 1.81. The summed E-state index contributed by atoms with van der Waals surface area (Å²) >= 11 is 0. The van der Waals surface area contributed by atoms with Crippen molar-refractivity contribution in [3.05, 3.63) is 29.3 Å². The predicted molar refractivity (Wildman–Crippen MR) is 81.9 cm³/mol. The maximum absolute atomic E-state index is 12.4. The number of rotatable bonds is 6. The van der Waals surface area contributed by atoms with Crippen molar-refractivity contribution in [2.24, 2.45) is 0 Å². The molecule has 1 unspecified atom stereocenters. The third-order valence-electron chi connectivity index (χ3n) is 3.38. The molecule has 4 nitrogen and oxygen atoms in total. The van der Waals surface area contributed by atoms with Crippen LogP contribution < -0.4 is 5.32 Å². The summed E-state index contributed by atoms with van der Waals surface area (Å²) in [5, 5.41) is 2.90.